The SMILES string of the molecule is OB(O)c1cccc(-c2cccc(-c3cccc(-c4ccccc4)c3)c2)c1. The first-order valence-electron chi connectivity index (χ1n) is 8.93. The van der Waals surface area contributed by atoms with Crippen molar-refractivity contribution >= 4 is 12.6 Å². The van der Waals surface area contributed by atoms with E-state index in [1.54, 1.807) is 6.07 Å². The highest BCUT2D eigenvalue weighted by molar-refractivity contribution is 6.58. The van der Waals surface area contributed by atoms with Crippen LogP contribution < -0.4 is 5.46 Å². The Morgan fingerprint density at radius 1 is 0.407 bits per heavy atom. The highest BCUT2D eigenvalue weighted by atomic mass is 16.4. The minimum absolute atomic E-state index is 0.490. The second-order valence-corrected chi connectivity index (χ2v) is 6.53. The van der Waals surface area contributed by atoms with Gasteiger partial charge in [-0.2, -0.15) is 0 Å². The third-order valence-corrected chi connectivity index (χ3v) is 4.68. The topological polar surface area (TPSA) is 40.5 Å². The van der Waals surface area contributed by atoms with Crippen LogP contribution in [0, 0.1) is 0 Å². The Morgan fingerprint density at radius 2 is 0.815 bits per heavy atom. The van der Waals surface area contributed by atoms with Gasteiger partial charge < -0.3 is 10.0 Å². The van der Waals surface area contributed by atoms with Crippen LogP contribution in [-0.2, 0) is 0 Å². The predicted molar refractivity (Wildman–Crippen MR) is 113 cm³/mol. The molecule has 0 saturated carbocycles. The maximum absolute atomic E-state index is 9.42. The molecule has 0 amide bonds. The van der Waals surface area contributed by atoms with Crippen molar-refractivity contribution in [1.29, 1.82) is 0 Å². The summed E-state index contributed by atoms with van der Waals surface area (Å²) < 4.78 is 0. The Bertz CT molecular complexity index is 1060. The molecule has 0 unspecified atom stereocenters. The van der Waals surface area contributed by atoms with E-state index in [0.29, 0.717) is 5.46 Å². The van der Waals surface area contributed by atoms with Crippen LogP contribution in [0.1, 0.15) is 0 Å². The average molecular weight is 350 g/mol. The Balaban J connectivity index is 1.72. The Hall–Kier alpha value is -3.14. The van der Waals surface area contributed by atoms with Gasteiger partial charge in [-0.3, -0.25) is 0 Å². The van der Waals surface area contributed by atoms with Gasteiger partial charge in [-0.25, -0.2) is 0 Å². The summed E-state index contributed by atoms with van der Waals surface area (Å²) in [6.45, 7) is 0. The lowest BCUT2D eigenvalue weighted by atomic mass is 9.79. The van der Waals surface area contributed by atoms with Crippen LogP contribution >= 0.6 is 0 Å². The van der Waals surface area contributed by atoms with Crippen LogP contribution in [0.3, 0.4) is 0 Å². The van der Waals surface area contributed by atoms with Crippen LogP contribution in [0.5, 0.6) is 0 Å². The quantitative estimate of drug-likeness (QED) is 0.537. The van der Waals surface area contributed by atoms with Gasteiger partial charge in [0, 0.05) is 0 Å². The maximum Gasteiger partial charge on any atom is 0.488 e. The predicted octanol–water partition coefficient (Wildman–Crippen LogP) is 4.37. The van der Waals surface area contributed by atoms with Crippen molar-refractivity contribution in [3.05, 3.63) is 103 Å². The minimum Gasteiger partial charge on any atom is -0.423 e. The number of hydrogen-bond donors (Lipinski definition) is 2. The van der Waals surface area contributed by atoms with E-state index in [-0.39, 0.29) is 0 Å². The third-order valence-electron chi connectivity index (χ3n) is 4.68. The van der Waals surface area contributed by atoms with E-state index in [1.807, 2.05) is 48.5 Å². The Labute approximate surface area is 159 Å². The summed E-state index contributed by atoms with van der Waals surface area (Å²) in [5, 5.41) is 18.8. The molecule has 0 heterocycles. The molecule has 4 aromatic carbocycles. The van der Waals surface area contributed by atoms with Gasteiger partial charge in [0.15, 0.2) is 0 Å². The summed E-state index contributed by atoms with van der Waals surface area (Å²) in [4.78, 5) is 0. The summed E-state index contributed by atoms with van der Waals surface area (Å²) >= 11 is 0. The number of benzene rings is 4. The first-order chi connectivity index (χ1) is 13.2. The summed E-state index contributed by atoms with van der Waals surface area (Å²) in [5.41, 5.74) is 7.14. The van der Waals surface area contributed by atoms with E-state index < -0.39 is 7.12 Å². The fraction of sp³-hybridized carbons (Fsp3) is 0. The zero-order chi connectivity index (χ0) is 18.6. The molecule has 4 rings (SSSR count). The zero-order valence-corrected chi connectivity index (χ0v) is 14.8. The lowest BCUT2D eigenvalue weighted by Gasteiger charge is -2.09. The van der Waals surface area contributed by atoms with Crippen LogP contribution in [0.4, 0.5) is 0 Å². The van der Waals surface area contributed by atoms with Crippen molar-refractivity contribution < 1.29 is 10.0 Å². The maximum atomic E-state index is 9.42. The average Bonchev–Trinajstić information content (AvgIpc) is 2.75. The highest BCUT2D eigenvalue weighted by Gasteiger charge is 2.11. The summed E-state index contributed by atoms with van der Waals surface area (Å²) in [6, 6.07) is 34.5. The van der Waals surface area contributed by atoms with Gasteiger partial charge in [-0.05, 0) is 51.0 Å². The third kappa shape index (κ3) is 3.85. The molecule has 0 atom stereocenters. The van der Waals surface area contributed by atoms with Crippen LogP contribution in [0.2, 0.25) is 0 Å². The van der Waals surface area contributed by atoms with Crippen molar-refractivity contribution in [3.63, 3.8) is 0 Å². The molecule has 130 valence electrons. The molecule has 0 radical (unpaired) electrons. The molecule has 27 heavy (non-hydrogen) atoms. The first-order valence-corrected chi connectivity index (χ1v) is 8.93. The van der Waals surface area contributed by atoms with E-state index in [9.17, 15) is 10.0 Å². The standard InChI is InChI=1S/C24H19BO2/c26-25(27)24-14-6-13-23(17-24)22-12-5-11-21(16-22)20-10-4-9-19(15-20)18-7-2-1-3-8-18/h1-17,26-27H. The van der Waals surface area contributed by atoms with Crippen molar-refractivity contribution in [1.82, 2.24) is 0 Å². The van der Waals surface area contributed by atoms with Crippen LogP contribution in [-0.4, -0.2) is 17.2 Å². The molecule has 4 aromatic rings. The lowest BCUT2D eigenvalue weighted by molar-refractivity contribution is 0.426. The van der Waals surface area contributed by atoms with Crippen molar-refractivity contribution in [3.8, 4) is 33.4 Å². The second-order valence-electron chi connectivity index (χ2n) is 6.53. The molecule has 2 nitrogen and oxygen atoms in total. The first kappa shape index (κ1) is 17.3. The van der Waals surface area contributed by atoms with E-state index >= 15 is 0 Å². The van der Waals surface area contributed by atoms with Crippen molar-refractivity contribution in [2.75, 3.05) is 0 Å². The summed E-state index contributed by atoms with van der Waals surface area (Å²) in [5.74, 6) is 0. The molecular weight excluding hydrogens is 331 g/mol. The van der Waals surface area contributed by atoms with Gasteiger partial charge >= 0.3 is 7.12 Å². The van der Waals surface area contributed by atoms with Gasteiger partial charge in [0.05, 0.1) is 0 Å². The van der Waals surface area contributed by atoms with Gasteiger partial charge in [0.25, 0.3) is 0 Å². The van der Waals surface area contributed by atoms with Crippen LogP contribution in [0.25, 0.3) is 33.4 Å². The number of hydrogen-bond acceptors (Lipinski definition) is 2. The molecule has 0 aromatic heterocycles. The van der Waals surface area contributed by atoms with E-state index in [0.717, 1.165) is 22.3 Å². The fourth-order valence-electron chi connectivity index (χ4n) is 3.27. The zero-order valence-electron chi connectivity index (χ0n) is 14.8. The molecule has 0 spiro atoms. The smallest absolute Gasteiger partial charge is 0.423 e. The van der Waals surface area contributed by atoms with Gasteiger partial charge in [-0.1, -0.05) is 91.0 Å². The second kappa shape index (κ2) is 7.62. The van der Waals surface area contributed by atoms with E-state index in [1.165, 1.54) is 11.1 Å². The minimum atomic E-state index is -1.46. The van der Waals surface area contributed by atoms with E-state index in [4.69, 9.17) is 0 Å². The monoisotopic (exact) mass is 350 g/mol. The molecule has 2 N–H and O–H groups in total. The summed E-state index contributed by atoms with van der Waals surface area (Å²) in [7, 11) is -1.46. The highest BCUT2D eigenvalue weighted by Crippen LogP contribution is 2.29. The Kier molecular flexibility index (Phi) is 4.88. The largest absolute Gasteiger partial charge is 0.488 e. The summed E-state index contributed by atoms with van der Waals surface area (Å²) in [6.07, 6.45) is 0. The van der Waals surface area contributed by atoms with Gasteiger partial charge in [0.1, 0.15) is 0 Å². The molecule has 3 heteroatoms. The lowest BCUT2D eigenvalue weighted by Crippen LogP contribution is -2.29. The molecule has 0 aliphatic rings. The van der Waals surface area contributed by atoms with Gasteiger partial charge in [0.2, 0.25) is 0 Å². The van der Waals surface area contributed by atoms with E-state index in [2.05, 4.69) is 48.5 Å². The van der Waals surface area contributed by atoms with Crippen molar-refractivity contribution in [2.45, 2.75) is 0 Å². The van der Waals surface area contributed by atoms with Gasteiger partial charge in [-0.15, -0.1) is 0 Å². The molecule has 0 fully saturated rings. The number of rotatable bonds is 4. The van der Waals surface area contributed by atoms with Crippen molar-refractivity contribution in [2.24, 2.45) is 0 Å². The fourth-order valence-corrected chi connectivity index (χ4v) is 3.27. The molecule has 0 saturated heterocycles. The normalized spacial score (nSPS) is 10.6. The Morgan fingerprint density at radius 3 is 1.33 bits per heavy atom. The molecule has 0 aliphatic carbocycles. The molecular formula is C24H19BO2. The molecule has 0 bridgehead atoms. The van der Waals surface area contributed by atoms with Crippen LogP contribution in [0.15, 0.2) is 103 Å². The molecule has 0 aliphatic heterocycles.